The third kappa shape index (κ3) is 25.2. The second-order valence-corrected chi connectivity index (χ2v) is 34.1. The van der Waals surface area contributed by atoms with Crippen molar-refractivity contribution in [3.8, 4) is 51.7 Å². The molecule has 1 atom stereocenters. The Morgan fingerprint density at radius 2 is 0.627 bits per heavy atom. The fourth-order valence-electron chi connectivity index (χ4n) is 14.7. The molecule has 718 valence electrons. The van der Waals surface area contributed by atoms with E-state index in [0.717, 1.165) is 89.4 Å². The highest BCUT2D eigenvalue weighted by Gasteiger charge is 2.29. The molecule has 0 aromatic heterocycles. The van der Waals surface area contributed by atoms with E-state index < -0.39 is 61.7 Å². The highest BCUT2D eigenvalue weighted by atomic mass is 35.5. The Kier molecular flexibility index (Phi) is 33.0. The number of fused-ring (bicyclic) bond motifs is 6. The van der Waals surface area contributed by atoms with Crippen LogP contribution in [0.25, 0.3) is 64.6 Å². The molecular formula is C111H90ClF4N7O18S. The van der Waals surface area contributed by atoms with Gasteiger partial charge in [-0.2, -0.15) is 8.78 Å². The second-order valence-electron chi connectivity index (χ2n) is 31.7. The van der Waals surface area contributed by atoms with Crippen LogP contribution in [0.3, 0.4) is 0 Å². The van der Waals surface area contributed by atoms with Crippen LogP contribution in [-0.4, -0.2) is 107 Å². The first-order chi connectivity index (χ1) is 68.2. The van der Waals surface area contributed by atoms with E-state index >= 15 is 0 Å². The van der Waals surface area contributed by atoms with Crippen molar-refractivity contribution in [2.24, 2.45) is 5.73 Å². The first-order valence-corrected chi connectivity index (χ1v) is 45.4. The maximum absolute atomic E-state index is 13.5. The number of rotatable bonds is 20. The summed E-state index contributed by atoms with van der Waals surface area (Å²) in [7, 11) is -0.556. The number of phenols is 6. The molecule has 25 nitrogen and oxygen atoms in total. The fourth-order valence-corrected chi connectivity index (χ4v) is 15.5. The molecular weight excluding hydrogens is 1860 g/mol. The van der Waals surface area contributed by atoms with Gasteiger partial charge >= 0.3 is 5.76 Å². The summed E-state index contributed by atoms with van der Waals surface area (Å²) in [4.78, 5) is 85.3. The number of hydrogen-bond acceptors (Lipinski definition) is 18. The van der Waals surface area contributed by atoms with Gasteiger partial charge in [-0.05, 0) is 258 Å². The molecule has 14 N–H and O–H groups in total. The lowest BCUT2D eigenvalue weighted by atomic mass is 9.98. The SMILES string of the molecule is CCC(C)c1ccc(OC)c(NC(=O)c2cc3ccccc3cc2O)c1.COc1ccc(C(N)=O)cc1NC(=O)c1cc2ccccc2cc1O.COc1ccc(S(=O)(=O)C(F)F)cc1NC(=O)c1cc2ccccc2cc1O.O=C(Nc1ccc(Cl)cc1)c1cc2ccccc2cc1O.O=C(Nc1cccc(F)c1)c1cc2ccccc2cc1O.O=C(Nc1ccccc1F)c1cc2ccccc2cc1O. The van der Waals surface area contributed by atoms with Crippen LogP contribution < -0.4 is 51.8 Å². The van der Waals surface area contributed by atoms with Crippen LogP contribution in [0.5, 0.6) is 51.7 Å². The number of hydrogen-bond donors (Lipinski definition) is 13. The number of carbonyl (C=O) groups excluding carboxylic acids is 7. The number of phenolic OH excluding ortho intramolecular Hbond substituents is 6. The number of ether oxygens (including phenoxy) is 3. The predicted molar refractivity (Wildman–Crippen MR) is 545 cm³/mol. The molecule has 0 radical (unpaired) electrons. The summed E-state index contributed by atoms with van der Waals surface area (Å²) in [5.41, 5.74) is 9.23. The quantitative estimate of drug-likeness (QED) is 0.0315. The smallest absolute Gasteiger partial charge is 0.341 e. The fraction of sp³-hybridized carbons (Fsp3) is 0.0721. The normalized spacial score (nSPS) is 11.0. The Hall–Kier alpha value is -18.0. The van der Waals surface area contributed by atoms with Crippen LogP contribution in [0.15, 0.2) is 351 Å². The maximum Gasteiger partial charge on any atom is 0.341 e. The lowest BCUT2D eigenvalue weighted by Crippen LogP contribution is -2.15. The molecule has 18 rings (SSSR count). The number of anilines is 6. The molecule has 0 aliphatic rings. The molecule has 18 aromatic carbocycles. The van der Waals surface area contributed by atoms with Crippen molar-refractivity contribution in [2.45, 2.75) is 36.8 Å². The average Bonchev–Trinajstić information content (AvgIpc) is 0.778. The van der Waals surface area contributed by atoms with Crippen molar-refractivity contribution in [3.05, 3.63) is 407 Å². The van der Waals surface area contributed by atoms with E-state index in [9.17, 15) is 90.2 Å². The Bertz CT molecular complexity index is 7960. The predicted octanol–water partition coefficient (Wildman–Crippen LogP) is 24.4. The standard InChI is InChI=1S/C22H23NO3.C19H15F2NO5S.C19H16N2O4.C17H12ClNO2.2C17H12FNO2/c1-4-14(2)15-9-10-21(26-3)19(12-15)23-22(25)18-11-16-7-5-6-8-17(16)13-20(18)24;1-27-17-7-6-13(28(25,26)19(20)21)10-15(17)22-18(24)14-8-11-4-2-3-5-12(11)9-16(14)23;1-25-17-7-6-13(18(20)23)9-15(17)21-19(24)14-8-11-4-2-3-5-12(11)10-16(14)22;18-13-5-7-14(8-6-13)19-17(21)15-9-11-3-1-2-4-12(11)10-16(15)20;18-14-7-3-4-8-15(14)19-17(21)13-9-11-5-1-2-6-12(11)10-16(13)20;18-13-6-3-7-14(10-13)19-17(21)15-8-11-4-1-2-5-12(11)9-16(15)20/h5-14,24H,4H2,1-3H3,(H,23,25);2-10,19,23H,1H3,(H,22,24);2-10,22H,1H3,(H2,20,23)(H,21,24);3*1-10,20H,(H,19,21). The molecule has 18 aromatic rings. The number of primary amides is 1. The number of nitrogens with one attached hydrogen (secondary N) is 6. The molecule has 0 aliphatic carbocycles. The molecule has 142 heavy (non-hydrogen) atoms. The minimum atomic E-state index is -4.85. The zero-order chi connectivity index (χ0) is 102. The van der Waals surface area contributed by atoms with Crippen molar-refractivity contribution in [1.82, 2.24) is 0 Å². The summed E-state index contributed by atoms with van der Waals surface area (Å²) in [5, 5.41) is 86.8. The van der Waals surface area contributed by atoms with E-state index in [1.54, 1.807) is 116 Å². The van der Waals surface area contributed by atoms with Crippen molar-refractivity contribution >= 4 is 162 Å². The summed E-state index contributed by atoms with van der Waals surface area (Å²) in [6, 6.07) is 94.8. The Labute approximate surface area is 815 Å². The van der Waals surface area contributed by atoms with Gasteiger partial charge in [-0.1, -0.05) is 195 Å². The Morgan fingerprint density at radius 1 is 0.331 bits per heavy atom. The van der Waals surface area contributed by atoms with Gasteiger partial charge in [0.1, 0.15) is 63.4 Å². The van der Waals surface area contributed by atoms with E-state index in [0.29, 0.717) is 44.9 Å². The average molecular weight is 1950 g/mol. The van der Waals surface area contributed by atoms with Crippen molar-refractivity contribution in [1.29, 1.82) is 0 Å². The van der Waals surface area contributed by atoms with E-state index in [1.807, 2.05) is 140 Å². The van der Waals surface area contributed by atoms with Crippen LogP contribution in [0.1, 0.15) is 104 Å². The van der Waals surface area contributed by atoms with Crippen molar-refractivity contribution in [2.75, 3.05) is 53.2 Å². The van der Waals surface area contributed by atoms with Gasteiger partial charge in [0.05, 0.1) is 82.4 Å². The van der Waals surface area contributed by atoms with Crippen LogP contribution in [0.2, 0.25) is 5.02 Å². The number of alkyl halides is 2. The van der Waals surface area contributed by atoms with Crippen LogP contribution >= 0.6 is 11.6 Å². The monoisotopic (exact) mass is 1950 g/mol. The molecule has 0 saturated heterocycles. The van der Waals surface area contributed by atoms with Gasteiger partial charge in [0, 0.05) is 22.0 Å². The molecule has 31 heteroatoms. The maximum atomic E-state index is 13.5. The number of aromatic hydroxyl groups is 6. The molecule has 1 unspecified atom stereocenters. The first-order valence-electron chi connectivity index (χ1n) is 43.5. The number of carbonyl (C=O) groups is 7. The molecule has 0 spiro atoms. The highest BCUT2D eigenvalue weighted by Crippen LogP contribution is 2.38. The number of nitrogens with two attached hydrogens (primary N) is 1. The third-order valence-corrected chi connectivity index (χ3v) is 24.0. The minimum Gasteiger partial charge on any atom is -0.507 e. The van der Waals surface area contributed by atoms with E-state index in [-0.39, 0.29) is 108 Å². The van der Waals surface area contributed by atoms with Gasteiger partial charge < -0.3 is 82.5 Å². The lowest BCUT2D eigenvalue weighted by Gasteiger charge is -2.15. The van der Waals surface area contributed by atoms with Crippen LogP contribution in [0.4, 0.5) is 51.7 Å². The first kappa shape index (κ1) is 101. The number of halogens is 5. The number of amides is 7. The van der Waals surface area contributed by atoms with Crippen molar-refractivity contribution in [3.63, 3.8) is 0 Å². The van der Waals surface area contributed by atoms with E-state index in [1.165, 1.54) is 93.1 Å². The molecule has 0 heterocycles. The Morgan fingerprint density at radius 3 is 0.951 bits per heavy atom. The van der Waals surface area contributed by atoms with Gasteiger partial charge in [-0.15, -0.1) is 0 Å². The molecule has 7 amide bonds. The summed E-state index contributed by atoms with van der Waals surface area (Å²) in [6.07, 6.45) is 1.01. The summed E-state index contributed by atoms with van der Waals surface area (Å²) in [6.45, 7) is 4.27. The number of benzene rings is 18. The molecule has 0 saturated carbocycles. The minimum absolute atomic E-state index is 0.0415. The Balaban J connectivity index is 0.000000144. The lowest BCUT2D eigenvalue weighted by molar-refractivity contribution is 0.0993. The summed E-state index contributed by atoms with van der Waals surface area (Å²) < 4.78 is 91.3. The molecule has 0 aliphatic heterocycles. The number of para-hydroxylation sites is 1. The molecule has 0 fully saturated rings. The van der Waals surface area contributed by atoms with Gasteiger partial charge in [-0.3, -0.25) is 33.6 Å². The van der Waals surface area contributed by atoms with Gasteiger partial charge in [-0.25, -0.2) is 17.2 Å². The highest BCUT2D eigenvalue weighted by molar-refractivity contribution is 7.91. The number of sulfone groups is 1. The second kappa shape index (κ2) is 46.2. The van der Waals surface area contributed by atoms with Crippen LogP contribution in [0, 0.1) is 11.6 Å². The van der Waals surface area contributed by atoms with Crippen molar-refractivity contribution < 1.29 is 104 Å². The van der Waals surface area contributed by atoms with Gasteiger partial charge in [0.2, 0.25) is 15.7 Å². The third-order valence-electron chi connectivity index (χ3n) is 22.3. The van der Waals surface area contributed by atoms with E-state index in [2.05, 4.69) is 45.7 Å². The van der Waals surface area contributed by atoms with Crippen LogP contribution in [-0.2, 0) is 9.84 Å². The number of methoxy groups -OCH3 is 3. The zero-order valence-corrected chi connectivity index (χ0v) is 77.8. The summed E-state index contributed by atoms with van der Waals surface area (Å²) in [5.74, 6) is -7.56. The summed E-state index contributed by atoms with van der Waals surface area (Å²) >= 11 is 5.80. The van der Waals surface area contributed by atoms with E-state index in [4.69, 9.17) is 31.5 Å². The zero-order valence-electron chi connectivity index (χ0n) is 76.2. The topological polar surface area (TPSA) is 401 Å². The van der Waals surface area contributed by atoms with Gasteiger partial charge in [0.25, 0.3) is 35.4 Å². The molecule has 0 bridgehead atoms. The van der Waals surface area contributed by atoms with Gasteiger partial charge in [0.15, 0.2) is 0 Å². The largest absolute Gasteiger partial charge is 0.507 e.